The Morgan fingerprint density at radius 3 is 2.55 bits per heavy atom. The molecule has 1 aliphatic heterocycles. The van der Waals surface area contributed by atoms with Gasteiger partial charge in [-0.3, -0.25) is 9.59 Å². The van der Waals surface area contributed by atoms with Crippen LogP contribution in [0.2, 0.25) is 0 Å². The summed E-state index contributed by atoms with van der Waals surface area (Å²) in [5, 5.41) is 2.82. The number of hydrogen-bond acceptors (Lipinski definition) is 4. The third-order valence-electron chi connectivity index (χ3n) is 3.28. The molecule has 0 aromatic carbocycles. The Morgan fingerprint density at radius 1 is 1.25 bits per heavy atom. The van der Waals surface area contributed by atoms with Crippen molar-refractivity contribution in [3.05, 3.63) is 0 Å². The molecule has 1 rings (SSSR count). The van der Waals surface area contributed by atoms with Crippen LogP contribution in [0.1, 0.15) is 27.2 Å². The summed E-state index contributed by atoms with van der Waals surface area (Å²) < 4.78 is 10.3. The van der Waals surface area contributed by atoms with Gasteiger partial charge in [0.15, 0.2) is 0 Å². The molecule has 0 spiro atoms. The third kappa shape index (κ3) is 5.09. The Balaban J connectivity index is 2.56. The molecule has 0 aromatic heterocycles. The summed E-state index contributed by atoms with van der Waals surface area (Å²) >= 11 is 0. The molecule has 1 unspecified atom stereocenters. The van der Waals surface area contributed by atoms with E-state index in [1.807, 2.05) is 20.8 Å². The van der Waals surface area contributed by atoms with E-state index >= 15 is 0 Å². The minimum absolute atomic E-state index is 0.0290. The molecule has 1 N–H and O–H groups in total. The highest BCUT2D eigenvalue weighted by molar-refractivity contribution is 5.90. The minimum Gasteiger partial charge on any atom is -0.382 e. The molecule has 0 radical (unpaired) electrons. The number of carbonyl (C=O) groups is 2. The van der Waals surface area contributed by atoms with Gasteiger partial charge in [0, 0.05) is 26.6 Å². The fourth-order valence-corrected chi connectivity index (χ4v) is 2.05. The van der Waals surface area contributed by atoms with E-state index in [1.54, 1.807) is 12.0 Å². The largest absolute Gasteiger partial charge is 0.382 e. The van der Waals surface area contributed by atoms with Crippen LogP contribution in [-0.4, -0.2) is 62.8 Å². The van der Waals surface area contributed by atoms with Gasteiger partial charge in [-0.05, 0) is 5.41 Å². The van der Waals surface area contributed by atoms with E-state index in [-0.39, 0.29) is 17.2 Å². The summed E-state index contributed by atoms with van der Waals surface area (Å²) in [6.07, 6.45) is 0.344. The highest BCUT2D eigenvalue weighted by Crippen LogP contribution is 2.22. The van der Waals surface area contributed by atoms with Crippen LogP contribution in [-0.2, 0) is 19.1 Å². The predicted octanol–water partition coefficient (Wildman–Crippen LogP) is 0.413. The van der Waals surface area contributed by atoms with E-state index < -0.39 is 6.04 Å². The predicted molar refractivity (Wildman–Crippen MR) is 75.3 cm³/mol. The van der Waals surface area contributed by atoms with Crippen molar-refractivity contribution in [2.24, 2.45) is 5.41 Å². The molecule has 1 fully saturated rings. The van der Waals surface area contributed by atoms with E-state index in [4.69, 9.17) is 9.47 Å². The van der Waals surface area contributed by atoms with E-state index in [1.165, 1.54) is 0 Å². The Hall–Kier alpha value is -1.14. The molecule has 20 heavy (non-hydrogen) atoms. The summed E-state index contributed by atoms with van der Waals surface area (Å²) in [7, 11) is 1.62. The molecule has 6 nitrogen and oxygen atoms in total. The SMILES string of the molecule is COCCOCCN1CCC(=O)NC(C(C)(C)C)C1=O. The second-order valence-corrected chi connectivity index (χ2v) is 6.05. The van der Waals surface area contributed by atoms with Gasteiger partial charge in [-0.25, -0.2) is 0 Å². The second kappa shape index (κ2) is 7.59. The topological polar surface area (TPSA) is 67.9 Å². The highest BCUT2D eigenvalue weighted by atomic mass is 16.5. The van der Waals surface area contributed by atoms with Crippen molar-refractivity contribution in [1.82, 2.24) is 10.2 Å². The summed E-state index contributed by atoms with van der Waals surface area (Å²) in [6.45, 7) is 8.32. The maximum absolute atomic E-state index is 12.5. The zero-order valence-electron chi connectivity index (χ0n) is 12.9. The molecule has 1 atom stereocenters. The van der Waals surface area contributed by atoms with Crippen LogP contribution in [0.15, 0.2) is 0 Å². The lowest BCUT2D eigenvalue weighted by Gasteiger charge is -2.32. The average Bonchev–Trinajstić information content (AvgIpc) is 2.50. The molecule has 6 heteroatoms. The first-order chi connectivity index (χ1) is 9.36. The summed E-state index contributed by atoms with van der Waals surface area (Å²) in [6, 6.07) is -0.475. The monoisotopic (exact) mass is 286 g/mol. The Bertz CT molecular complexity index is 339. The van der Waals surface area contributed by atoms with Crippen LogP contribution in [0.5, 0.6) is 0 Å². The number of methoxy groups -OCH3 is 1. The van der Waals surface area contributed by atoms with E-state index in [0.717, 1.165) is 0 Å². The smallest absolute Gasteiger partial charge is 0.245 e. The lowest BCUT2D eigenvalue weighted by atomic mass is 9.86. The molecule has 1 heterocycles. The third-order valence-corrected chi connectivity index (χ3v) is 3.28. The van der Waals surface area contributed by atoms with Gasteiger partial charge in [-0.2, -0.15) is 0 Å². The molecule has 0 aromatic rings. The first kappa shape index (κ1) is 16.9. The number of carbonyl (C=O) groups excluding carboxylic acids is 2. The number of nitrogens with one attached hydrogen (secondary N) is 1. The molecule has 1 aliphatic rings. The number of amides is 2. The van der Waals surface area contributed by atoms with Crippen LogP contribution < -0.4 is 5.32 Å². The fourth-order valence-electron chi connectivity index (χ4n) is 2.05. The van der Waals surface area contributed by atoms with Crippen molar-refractivity contribution in [3.63, 3.8) is 0 Å². The Kier molecular flexibility index (Phi) is 6.42. The van der Waals surface area contributed by atoms with Crippen molar-refractivity contribution >= 4 is 11.8 Å². The van der Waals surface area contributed by atoms with Gasteiger partial charge in [-0.15, -0.1) is 0 Å². The molecule has 1 saturated heterocycles. The number of rotatable bonds is 6. The number of hydrogen-bond donors (Lipinski definition) is 1. The first-order valence-corrected chi connectivity index (χ1v) is 7.01. The molecular formula is C14H26N2O4. The van der Waals surface area contributed by atoms with Crippen LogP contribution in [0, 0.1) is 5.41 Å². The summed E-state index contributed by atoms with van der Waals surface area (Å²) in [4.78, 5) is 25.9. The van der Waals surface area contributed by atoms with Gasteiger partial charge < -0.3 is 19.7 Å². The van der Waals surface area contributed by atoms with Gasteiger partial charge in [0.1, 0.15) is 6.04 Å². The molecule has 0 bridgehead atoms. The maximum Gasteiger partial charge on any atom is 0.245 e. The lowest BCUT2D eigenvalue weighted by Crippen LogP contribution is -2.52. The summed E-state index contributed by atoms with van der Waals surface area (Å²) in [5.74, 6) is -0.0974. The molecule has 2 amide bonds. The quantitative estimate of drug-likeness (QED) is 0.718. The van der Waals surface area contributed by atoms with Gasteiger partial charge in [-0.1, -0.05) is 20.8 Å². The van der Waals surface area contributed by atoms with Crippen LogP contribution in [0.4, 0.5) is 0 Å². The van der Waals surface area contributed by atoms with Gasteiger partial charge in [0.25, 0.3) is 0 Å². The Labute approximate surface area is 120 Å². The van der Waals surface area contributed by atoms with Crippen LogP contribution >= 0.6 is 0 Å². The normalized spacial score (nSPS) is 20.8. The average molecular weight is 286 g/mol. The molecule has 0 saturated carbocycles. The number of nitrogens with zero attached hydrogens (tertiary/aromatic N) is 1. The second-order valence-electron chi connectivity index (χ2n) is 6.05. The van der Waals surface area contributed by atoms with Crippen molar-refractivity contribution in [3.8, 4) is 0 Å². The van der Waals surface area contributed by atoms with E-state index in [9.17, 15) is 9.59 Å². The minimum atomic E-state index is -0.475. The van der Waals surface area contributed by atoms with Gasteiger partial charge in [0.05, 0.1) is 19.8 Å². The molecular weight excluding hydrogens is 260 g/mol. The van der Waals surface area contributed by atoms with Crippen molar-refractivity contribution in [2.45, 2.75) is 33.2 Å². The van der Waals surface area contributed by atoms with Gasteiger partial charge in [0.2, 0.25) is 11.8 Å². The van der Waals surface area contributed by atoms with Crippen LogP contribution in [0.25, 0.3) is 0 Å². The lowest BCUT2D eigenvalue weighted by molar-refractivity contribution is -0.137. The van der Waals surface area contributed by atoms with E-state index in [0.29, 0.717) is 39.3 Å². The standard InChI is InChI=1S/C14H26N2O4/c1-14(2,3)12-13(18)16(6-5-11(17)15-12)7-8-20-10-9-19-4/h12H,5-10H2,1-4H3,(H,15,17). The highest BCUT2D eigenvalue weighted by Gasteiger charge is 2.37. The van der Waals surface area contributed by atoms with E-state index in [2.05, 4.69) is 5.32 Å². The fraction of sp³-hybridized carbons (Fsp3) is 0.857. The summed E-state index contributed by atoms with van der Waals surface area (Å²) in [5.41, 5.74) is -0.299. The zero-order chi connectivity index (χ0) is 15.2. The number of ether oxygens (including phenoxy) is 2. The zero-order valence-corrected chi connectivity index (χ0v) is 12.9. The van der Waals surface area contributed by atoms with Crippen molar-refractivity contribution in [2.75, 3.05) is 40.0 Å². The molecule has 116 valence electrons. The first-order valence-electron chi connectivity index (χ1n) is 7.01. The van der Waals surface area contributed by atoms with Gasteiger partial charge >= 0.3 is 0 Å². The van der Waals surface area contributed by atoms with Crippen molar-refractivity contribution in [1.29, 1.82) is 0 Å². The van der Waals surface area contributed by atoms with Crippen LogP contribution in [0.3, 0.4) is 0 Å². The maximum atomic E-state index is 12.5. The molecule has 0 aliphatic carbocycles. The van der Waals surface area contributed by atoms with Crippen molar-refractivity contribution < 1.29 is 19.1 Å². The Morgan fingerprint density at radius 2 is 1.95 bits per heavy atom.